The number of benzene rings is 3. The number of ether oxygens (including phenoxy) is 2. The van der Waals surface area contributed by atoms with Gasteiger partial charge in [0, 0.05) is 11.3 Å². The van der Waals surface area contributed by atoms with E-state index in [4.69, 9.17) is 32.7 Å². The summed E-state index contributed by atoms with van der Waals surface area (Å²) in [6.07, 6.45) is 0. The molecule has 0 aliphatic carbocycles. The van der Waals surface area contributed by atoms with E-state index < -0.39 is 11.9 Å². The Balaban J connectivity index is 1.63. The Morgan fingerprint density at radius 3 is 2.14 bits per heavy atom. The SMILES string of the molecule is COc1ccc(Oc2c(Cl)cc(N3CC(=O)NC3=O)cc2Cl)cc1C(=O)c1ccc(C(C)(C)C)cc1. The molecular weight excluding hydrogens is 503 g/mol. The van der Waals surface area contributed by atoms with E-state index >= 15 is 0 Å². The Morgan fingerprint density at radius 2 is 1.61 bits per heavy atom. The van der Waals surface area contributed by atoms with Crippen molar-refractivity contribution in [2.75, 3.05) is 18.6 Å². The van der Waals surface area contributed by atoms with Gasteiger partial charge in [0.2, 0.25) is 5.91 Å². The predicted octanol–water partition coefficient (Wildman–Crippen LogP) is 6.38. The summed E-state index contributed by atoms with van der Waals surface area (Å²) in [4.78, 5) is 38.0. The average Bonchev–Trinajstić information content (AvgIpc) is 3.18. The van der Waals surface area contributed by atoms with Crippen LogP contribution in [0.15, 0.2) is 54.6 Å². The Morgan fingerprint density at radius 1 is 0.972 bits per heavy atom. The van der Waals surface area contributed by atoms with Crippen molar-refractivity contribution in [1.82, 2.24) is 5.32 Å². The van der Waals surface area contributed by atoms with E-state index in [9.17, 15) is 14.4 Å². The van der Waals surface area contributed by atoms with Crippen LogP contribution < -0.4 is 19.7 Å². The number of urea groups is 1. The average molecular weight is 527 g/mol. The highest BCUT2D eigenvalue weighted by atomic mass is 35.5. The normalized spacial score (nSPS) is 13.6. The van der Waals surface area contributed by atoms with Crippen LogP contribution >= 0.6 is 23.2 Å². The summed E-state index contributed by atoms with van der Waals surface area (Å²) in [5.74, 6) is 0.206. The standard InChI is InChI=1S/C27H24Cl2N2O5/c1-27(2,3)16-7-5-15(6-8-16)24(33)19-13-18(9-10-22(19)35-4)36-25-20(28)11-17(12-21(25)29)31-14-23(32)30-26(31)34/h5-13H,14H2,1-4H3,(H,30,32,34). The zero-order valence-electron chi connectivity index (χ0n) is 20.1. The lowest BCUT2D eigenvalue weighted by molar-refractivity contribution is -0.117. The molecule has 9 heteroatoms. The molecule has 1 fully saturated rings. The van der Waals surface area contributed by atoms with Gasteiger partial charge < -0.3 is 9.47 Å². The summed E-state index contributed by atoms with van der Waals surface area (Å²) in [5.41, 5.74) is 2.26. The Bertz CT molecular complexity index is 1340. The lowest BCUT2D eigenvalue weighted by Crippen LogP contribution is -2.27. The molecule has 1 heterocycles. The lowest BCUT2D eigenvalue weighted by atomic mass is 9.86. The highest BCUT2D eigenvalue weighted by molar-refractivity contribution is 6.38. The minimum absolute atomic E-state index is 0.0325. The number of methoxy groups -OCH3 is 1. The van der Waals surface area contributed by atoms with Gasteiger partial charge in [-0.1, -0.05) is 68.2 Å². The zero-order valence-corrected chi connectivity index (χ0v) is 21.7. The first-order valence-electron chi connectivity index (χ1n) is 11.1. The van der Waals surface area contributed by atoms with Crippen LogP contribution in [0.3, 0.4) is 0 Å². The van der Waals surface area contributed by atoms with Gasteiger partial charge >= 0.3 is 6.03 Å². The second kappa shape index (κ2) is 9.84. The van der Waals surface area contributed by atoms with E-state index in [0.717, 1.165) is 5.56 Å². The van der Waals surface area contributed by atoms with Crippen LogP contribution in [0.4, 0.5) is 10.5 Å². The van der Waals surface area contributed by atoms with Crippen molar-refractivity contribution in [1.29, 1.82) is 0 Å². The number of imide groups is 1. The Hall–Kier alpha value is -3.55. The number of hydrogen-bond acceptors (Lipinski definition) is 5. The van der Waals surface area contributed by atoms with Gasteiger partial charge in [-0.25, -0.2) is 4.79 Å². The molecule has 1 N–H and O–H groups in total. The van der Waals surface area contributed by atoms with E-state index in [2.05, 4.69) is 26.1 Å². The van der Waals surface area contributed by atoms with Crippen molar-refractivity contribution in [3.63, 3.8) is 0 Å². The number of ketones is 1. The van der Waals surface area contributed by atoms with Crippen LogP contribution in [0.1, 0.15) is 42.3 Å². The van der Waals surface area contributed by atoms with E-state index in [1.165, 1.54) is 24.1 Å². The van der Waals surface area contributed by atoms with E-state index in [-0.39, 0.29) is 33.5 Å². The van der Waals surface area contributed by atoms with Gasteiger partial charge in [-0.3, -0.25) is 19.8 Å². The molecule has 4 rings (SSSR count). The first-order chi connectivity index (χ1) is 17.0. The molecule has 0 radical (unpaired) electrons. The predicted molar refractivity (Wildman–Crippen MR) is 139 cm³/mol. The molecule has 186 valence electrons. The number of anilines is 1. The summed E-state index contributed by atoms with van der Waals surface area (Å²) < 4.78 is 11.3. The van der Waals surface area contributed by atoms with Crippen molar-refractivity contribution in [3.05, 3.63) is 81.3 Å². The van der Waals surface area contributed by atoms with Gasteiger partial charge in [0.25, 0.3) is 0 Å². The molecular formula is C27H24Cl2N2O5. The number of nitrogens with zero attached hydrogens (tertiary/aromatic N) is 1. The molecule has 0 saturated carbocycles. The van der Waals surface area contributed by atoms with Gasteiger partial charge in [-0.2, -0.15) is 0 Å². The molecule has 1 aliphatic heterocycles. The fourth-order valence-corrected chi connectivity index (χ4v) is 4.33. The van der Waals surface area contributed by atoms with Crippen molar-refractivity contribution in [2.45, 2.75) is 26.2 Å². The maximum atomic E-state index is 13.3. The van der Waals surface area contributed by atoms with Crippen LogP contribution in [0.25, 0.3) is 0 Å². The Kier molecular flexibility index (Phi) is 6.98. The summed E-state index contributed by atoms with van der Waals surface area (Å²) >= 11 is 12.8. The molecule has 0 unspecified atom stereocenters. The molecule has 0 aromatic heterocycles. The fraction of sp³-hybridized carbons (Fsp3) is 0.222. The molecule has 0 atom stereocenters. The molecule has 7 nitrogen and oxygen atoms in total. The van der Waals surface area contributed by atoms with Crippen LogP contribution in [-0.4, -0.2) is 31.4 Å². The molecule has 3 aromatic rings. The molecule has 3 amide bonds. The highest BCUT2D eigenvalue weighted by Crippen LogP contribution is 2.41. The molecule has 1 aliphatic rings. The number of carbonyl (C=O) groups is 3. The third-order valence-corrected chi connectivity index (χ3v) is 6.30. The van der Waals surface area contributed by atoms with E-state index in [0.29, 0.717) is 28.3 Å². The summed E-state index contributed by atoms with van der Waals surface area (Å²) in [6, 6.07) is 14.7. The molecule has 1 saturated heterocycles. The van der Waals surface area contributed by atoms with Gasteiger partial charge in [0.15, 0.2) is 11.5 Å². The third-order valence-electron chi connectivity index (χ3n) is 5.74. The number of rotatable bonds is 6. The largest absolute Gasteiger partial charge is 0.496 e. The van der Waals surface area contributed by atoms with Crippen LogP contribution in [0.5, 0.6) is 17.2 Å². The maximum absolute atomic E-state index is 13.3. The molecule has 3 aromatic carbocycles. The fourth-order valence-electron chi connectivity index (χ4n) is 3.77. The van der Waals surface area contributed by atoms with Gasteiger partial charge in [-0.05, 0) is 41.3 Å². The Labute approximate surface area is 218 Å². The second-order valence-corrected chi connectivity index (χ2v) is 10.1. The number of nitrogens with one attached hydrogen (secondary N) is 1. The number of hydrogen-bond donors (Lipinski definition) is 1. The first kappa shape index (κ1) is 25.5. The number of amides is 3. The summed E-state index contributed by atoms with van der Waals surface area (Å²) in [6.45, 7) is 6.19. The van der Waals surface area contributed by atoms with Gasteiger partial charge in [0.05, 0.1) is 22.7 Å². The summed E-state index contributed by atoms with van der Waals surface area (Å²) in [5, 5.41) is 2.46. The van der Waals surface area contributed by atoms with E-state index in [1.807, 2.05) is 12.1 Å². The zero-order chi connectivity index (χ0) is 26.2. The van der Waals surface area contributed by atoms with Crippen LogP contribution in [-0.2, 0) is 10.2 Å². The number of halogens is 2. The van der Waals surface area contributed by atoms with Gasteiger partial charge in [-0.15, -0.1) is 0 Å². The monoisotopic (exact) mass is 526 g/mol. The third kappa shape index (κ3) is 5.17. The minimum Gasteiger partial charge on any atom is -0.496 e. The first-order valence-corrected chi connectivity index (χ1v) is 11.8. The lowest BCUT2D eigenvalue weighted by Gasteiger charge is -2.19. The topological polar surface area (TPSA) is 84.9 Å². The van der Waals surface area contributed by atoms with Crippen molar-refractivity contribution in [3.8, 4) is 17.2 Å². The maximum Gasteiger partial charge on any atom is 0.329 e. The smallest absolute Gasteiger partial charge is 0.329 e. The molecule has 0 bridgehead atoms. The van der Waals surface area contributed by atoms with E-state index in [1.54, 1.807) is 30.3 Å². The minimum atomic E-state index is -0.561. The van der Waals surface area contributed by atoms with Gasteiger partial charge in [0.1, 0.15) is 18.0 Å². The van der Waals surface area contributed by atoms with Crippen LogP contribution in [0, 0.1) is 0 Å². The van der Waals surface area contributed by atoms with Crippen LogP contribution in [0.2, 0.25) is 10.0 Å². The second-order valence-electron chi connectivity index (χ2n) is 9.30. The molecule has 0 spiro atoms. The quantitative estimate of drug-likeness (QED) is 0.297. The number of carbonyl (C=O) groups excluding carboxylic acids is 3. The van der Waals surface area contributed by atoms with Crippen molar-refractivity contribution >= 4 is 46.6 Å². The van der Waals surface area contributed by atoms with Crippen molar-refractivity contribution < 1.29 is 23.9 Å². The van der Waals surface area contributed by atoms with Crippen molar-refractivity contribution in [2.24, 2.45) is 0 Å². The summed E-state index contributed by atoms with van der Waals surface area (Å²) in [7, 11) is 1.49. The molecule has 36 heavy (non-hydrogen) atoms. The highest BCUT2D eigenvalue weighted by Gasteiger charge is 2.29.